The standard InChI is InChI=1S/C17H22ClN3O2/c1-19(11-12-20-9-4-7-16(20)22)15-8-10-21(17(15)23)14-6-3-2-5-13(14)18/h2-3,5-6,15H,4,7-12H2,1H3. The monoisotopic (exact) mass is 335 g/mol. The van der Waals surface area contributed by atoms with E-state index in [1.165, 1.54) is 0 Å². The van der Waals surface area contributed by atoms with E-state index >= 15 is 0 Å². The number of likely N-dealkylation sites (N-methyl/N-ethyl adjacent to an activating group) is 1. The van der Waals surface area contributed by atoms with Crippen LogP contribution in [0.2, 0.25) is 5.02 Å². The molecule has 0 aliphatic carbocycles. The molecule has 124 valence electrons. The number of carbonyl (C=O) groups excluding carboxylic acids is 2. The molecule has 1 aromatic carbocycles. The molecule has 5 nitrogen and oxygen atoms in total. The van der Waals surface area contributed by atoms with E-state index in [2.05, 4.69) is 4.90 Å². The van der Waals surface area contributed by atoms with Crippen molar-refractivity contribution >= 4 is 29.1 Å². The average molecular weight is 336 g/mol. The average Bonchev–Trinajstić information content (AvgIpc) is 3.11. The zero-order valence-electron chi connectivity index (χ0n) is 13.4. The van der Waals surface area contributed by atoms with Crippen LogP contribution >= 0.6 is 11.6 Å². The molecule has 1 unspecified atom stereocenters. The van der Waals surface area contributed by atoms with Crippen LogP contribution in [0.1, 0.15) is 19.3 Å². The van der Waals surface area contributed by atoms with E-state index in [1.807, 2.05) is 30.1 Å². The van der Waals surface area contributed by atoms with E-state index in [4.69, 9.17) is 11.6 Å². The summed E-state index contributed by atoms with van der Waals surface area (Å²) in [5, 5.41) is 0.604. The van der Waals surface area contributed by atoms with Gasteiger partial charge in [-0.05, 0) is 32.0 Å². The van der Waals surface area contributed by atoms with Gasteiger partial charge in [-0.25, -0.2) is 0 Å². The second-order valence-corrected chi connectivity index (χ2v) is 6.62. The number of anilines is 1. The van der Waals surface area contributed by atoms with E-state index in [-0.39, 0.29) is 17.9 Å². The lowest BCUT2D eigenvalue weighted by Gasteiger charge is -2.26. The molecule has 0 spiro atoms. The number of nitrogens with zero attached hydrogens (tertiary/aromatic N) is 3. The first-order valence-electron chi connectivity index (χ1n) is 8.12. The van der Waals surface area contributed by atoms with Gasteiger partial charge in [0.05, 0.1) is 16.8 Å². The van der Waals surface area contributed by atoms with Crippen LogP contribution in [0.4, 0.5) is 5.69 Å². The Morgan fingerprint density at radius 1 is 1.26 bits per heavy atom. The molecule has 6 heteroatoms. The van der Waals surface area contributed by atoms with Gasteiger partial charge in [0.1, 0.15) is 0 Å². The van der Waals surface area contributed by atoms with Crippen LogP contribution in [0.5, 0.6) is 0 Å². The normalized spacial score (nSPS) is 21.8. The molecule has 0 saturated carbocycles. The Hall–Kier alpha value is -1.59. The molecule has 2 aliphatic rings. The summed E-state index contributed by atoms with van der Waals surface area (Å²) in [7, 11) is 1.96. The highest BCUT2D eigenvalue weighted by atomic mass is 35.5. The lowest BCUT2D eigenvalue weighted by Crippen LogP contribution is -2.43. The highest BCUT2D eigenvalue weighted by molar-refractivity contribution is 6.33. The molecule has 2 amide bonds. The Morgan fingerprint density at radius 2 is 2.04 bits per heavy atom. The molecule has 3 rings (SSSR count). The Balaban J connectivity index is 1.60. The van der Waals surface area contributed by atoms with E-state index in [1.54, 1.807) is 11.0 Å². The Morgan fingerprint density at radius 3 is 2.74 bits per heavy atom. The summed E-state index contributed by atoms with van der Waals surface area (Å²) in [5.74, 6) is 0.321. The number of hydrogen-bond donors (Lipinski definition) is 0. The number of amides is 2. The molecule has 1 aromatic rings. The Kier molecular flexibility index (Phi) is 4.87. The fourth-order valence-corrected chi connectivity index (χ4v) is 3.60. The largest absolute Gasteiger partial charge is 0.341 e. The molecule has 2 saturated heterocycles. The lowest BCUT2D eigenvalue weighted by atomic mass is 10.2. The first-order valence-corrected chi connectivity index (χ1v) is 8.49. The summed E-state index contributed by atoms with van der Waals surface area (Å²) < 4.78 is 0. The fourth-order valence-electron chi connectivity index (χ4n) is 3.36. The Labute approximate surface area is 141 Å². The number of hydrogen-bond acceptors (Lipinski definition) is 3. The number of para-hydroxylation sites is 1. The van der Waals surface area contributed by atoms with Gasteiger partial charge in [-0.3, -0.25) is 14.5 Å². The molecule has 2 fully saturated rings. The molecule has 23 heavy (non-hydrogen) atoms. The minimum Gasteiger partial charge on any atom is -0.341 e. The lowest BCUT2D eigenvalue weighted by molar-refractivity contribution is -0.127. The summed E-state index contributed by atoms with van der Waals surface area (Å²) in [6.45, 7) is 2.95. The zero-order valence-corrected chi connectivity index (χ0v) is 14.1. The number of likely N-dealkylation sites (tertiary alicyclic amines) is 1. The summed E-state index contributed by atoms with van der Waals surface area (Å²) in [6, 6.07) is 7.31. The minimum atomic E-state index is -0.135. The number of halogens is 1. The quantitative estimate of drug-likeness (QED) is 0.826. The van der Waals surface area contributed by atoms with Crippen LogP contribution in [0, 0.1) is 0 Å². The van der Waals surface area contributed by atoms with Gasteiger partial charge in [-0.2, -0.15) is 0 Å². The second kappa shape index (κ2) is 6.89. The molecule has 0 radical (unpaired) electrons. The van der Waals surface area contributed by atoms with Crippen LogP contribution in [0.25, 0.3) is 0 Å². The van der Waals surface area contributed by atoms with Crippen molar-refractivity contribution in [1.29, 1.82) is 0 Å². The molecule has 2 aliphatic heterocycles. The molecule has 2 heterocycles. The van der Waals surface area contributed by atoms with Gasteiger partial charge >= 0.3 is 0 Å². The van der Waals surface area contributed by atoms with Crippen molar-refractivity contribution in [3.05, 3.63) is 29.3 Å². The SMILES string of the molecule is CN(CCN1CCCC1=O)C1CCN(c2ccccc2Cl)C1=O. The van der Waals surface area contributed by atoms with Crippen molar-refractivity contribution in [2.45, 2.75) is 25.3 Å². The van der Waals surface area contributed by atoms with Crippen molar-refractivity contribution in [3.8, 4) is 0 Å². The summed E-state index contributed by atoms with van der Waals surface area (Å²) in [5.41, 5.74) is 0.782. The van der Waals surface area contributed by atoms with Crippen molar-refractivity contribution in [3.63, 3.8) is 0 Å². The number of carbonyl (C=O) groups is 2. The van der Waals surface area contributed by atoms with Crippen LogP contribution < -0.4 is 4.90 Å². The second-order valence-electron chi connectivity index (χ2n) is 6.21. The van der Waals surface area contributed by atoms with Gasteiger partial charge in [-0.1, -0.05) is 23.7 Å². The topological polar surface area (TPSA) is 43.9 Å². The molecular formula is C17H22ClN3O2. The maximum atomic E-state index is 12.7. The maximum absolute atomic E-state index is 12.7. The summed E-state index contributed by atoms with van der Waals surface area (Å²) >= 11 is 6.21. The van der Waals surface area contributed by atoms with Crippen molar-refractivity contribution in [1.82, 2.24) is 9.80 Å². The maximum Gasteiger partial charge on any atom is 0.244 e. The van der Waals surface area contributed by atoms with E-state index in [0.29, 0.717) is 24.5 Å². The highest BCUT2D eigenvalue weighted by Crippen LogP contribution is 2.30. The Bertz CT molecular complexity index is 607. The number of benzene rings is 1. The highest BCUT2D eigenvalue weighted by Gasteiger charge is 2.36. The third-order valence-electron chi connectivity index (χ3n) is 4.75. The smallest absolute Gasteiger partial charge is 0.244 e. The summed E-state index contributed by atoms with van der Waals surface area (Å²) in [4.78, 5) is 30.1. The van der Waals surface area contributed by atoms with Crippen LogP contribution in [-0.4, -0.2) is 60.9 Å². The van der Waals surface area contributed by atoms with Crippen LogP contribution in [0.15, 0.2) is 24.3 Å². The predicted octanol–water partition coefficient (Wildman–Crippen LogP) is 2.00. The molecular weight excluding hydrogens is 314 g/mol. The molecule has 0 N–H and O–H groups in total. The van der Waals surface area contributed by atoms with Crippen molar-refractivity contribution in [2.75, 3.05) is 38.1 Å². The fraction of sp³-hybridized carbons (Fsp3) is 0.529. The van der Waals surface area contributed by atoms with Crippen LogP contribution in [-0.2, 0) is 9.59 Å². The predicted molar refractivity (Wildman–Crippen MR) is 90.7 cm³/mol. The van der Waals surface area contributed by atoms with Gasteiger partial charge in [0, 0.05) is 32.6 Å². The van der Waals surface area contributed by atoms with Crippen molar-refractivity contribution in [2.24, 2.45) is 0 Å². The molecule has 0 bridgehead atoms. The summed E-state index contributed by atoms with van der Waals surface area (Å²) in [6.07, 6.45) is 2.39. The van der Waals surface area contributed by atoms with E-state index in [0.717, 1.165) is 31.6 Å². The van der Waals surface area contributed by atoms with Gasteiger partial charge in [0.2, 0.25) is 11.8 Å². The molecule has 0 aromatic heterocycles. The van der Waals surface area contributed by atoms with Gasteiger partial charge in [-0.15, -0.1) is 0 Å². The van der Waals surface area contributed by atoms with E-state index in [9.17, 15) is 9.59 Å². The molecule has 1 atom stereocenters. The minimum absolute atomic E-state index is 0.0911. The van der Waals surface area contributed by atoms with Gasteiger partial charge in [0.25, 0.3) is 0 Å². The third kappa shape index (κ3) is 3.35. The number of rotatable bonds is 5. The van der Waals surface area contributed by atoms with E-state index < -0.39 is 0 Å². The van der Waals surface area contributed by atoms with Gasteiger partial charge < -0.3 is 9.80 Å². The van der Waals surface area contributed by atoms with Crippen molar-refractivity contribution < 1.29 is 9.59 Å². The first kappa shape index (κ1) is 16.3. The van der Waals surface area contributed by atoms with Crippen LogP contribution in [0.3, 0.4) is 0 Å². The zero-order chi connectivity index (χ0) is 16.4. The first-order chi connectivity index (χ1) is 11.1. The van der Waals surface area contributed by atoms with Gasteiger partial charge in [0.15, 0.2) is 0 Å². The third-order valence-corrected chi connectivity index (χ3v) is 5.07.